The number of aromatic nitrogens is 2. The van der Waals surface area contributed by atoms with Crippen LogP contribution >= 0.6 is 0 Å². The molecule has 2 saturated carbocycles. The zero-order valence-corrected chi connectivity index (χ0v) is 16.7. The Morgan fingerprint density at radius 1 is 1.20 bits per heavy atom. The Kier molecular flexibility index (Phi) is 5.06. The Bertz CT molecular complexity index is 925. The molecule has 3 fully saturated rings. The van der Waals surface area contributed by atoms with Crippen molar-refractivity contribution in [1.82, 2.24) is 14.9 Å². The summed E-state index contributed by atoms with van der Waals surface area (Å²) in [7, 11) is 0. The summed E-state index contributed by atoms with van der Waals surface area (Å²) in [4.78, 5) is 11.3. The van der Waals surface area contributed by atoms with Gasteiger partial charge in [0.05, 0.1) is 5.69 Å². The number of hydrogen-bond acceptors (Lipinski definition) is 6. The van der Waals surface area contributed by atoms with Gasteiger partial charge in [0.2, 0.25) is 0 Å². The largest absolute Gasteiger partial charge is 0.431 e. The van der Waals surface area contributed by atoms with Crippen molar-refractivity contribution in [3.63, 3.8) is 0 Å². The highest BCUT2D eigenvalue weighted by Crippen LogP contribution is 2.59. The molecule has 30 heavy (non-hydrogen) atoms. The van der Waals surface area contributed by atoms with E-state index < -0.39 is 6.61 Å². The third kappa shape index (κ3) is 3.86. The average Bonchev–Trinajstić information content (AvgIpc) is 3.64. The van der Waals surface area contributed by atoms with E-state index in [4.69, 9.17) is 15.8 Å². The van der Waals surface area contributed by atoms with Crippen LogP contribution in [0, 0.1) is 11.8 Å². The highest BCUT2D eigenvalue weighted by Gasteiger charge is 2.56. The number of hydrogen-bond donors (Lipinski definition) is 2. The van der Waals surface area contributed by atoms with Gasteiger partial charge in [-0.05, 0) is 60.8 Å². The first-order valence-corrected chi connectivity index (χ1v) is 10.6. The number of aliphatic hydroxyl groups is 1. The van der Waals surface area contributed by atoms with Crippen LogP contribution in [-0.4, -0.2) is 52.8 Å². The number of nitrogens with two attached hydrogens (primary N) is 1. The SMILES string of the molecule is Nc1ncc(-c2cc([C@H]3[C@@H]4CN(CCCO)C[C@@H]43)cc(C3CC3)n2)cc1OC(F)F. The van der Waals surface area contributed by atoms with Crippen LogP contribution < -0.4 is 10.5 Å². The smallest absolute Gasteiger partial charge is 0.387 e. The molecule has 3 heterocycles. The molecule has 2 aliphatic carbocycles. The molecule has 0 aromatic carbocycles. The van der Waals surface area contributed by atoms with E-state index in [2.05, 4.69) is 26.8 Å². The first-order valence-electron chi connectivity index (χ1n) is 10.6. The molecule has 2 aromatic heterocycles. The van der Waals surface area contributed by atoms with Crippen LogP contribution in [-0.2, 0) is 0 Å². The van der Waals surface area contributed by atoms with E-state index in [9.17, 15) is 8.78 Å². The number of aliphatic hydroxyl groups excluding tert-OH is 1. The lowest BCUT2D eigenvalue weighted by atomic mass is 10.0. The third-order valence-corrected chi connectivity index (χ3v) is 6.54. The molecule has 0 bridgehead atoms. The number of alkyl halides is 2. The molecule has 3 aliphatic rings. The lowest BCUT2D eigenvalue weighted by Crippen LogP contribution is -2.26. The fraction of sp³-hybridized carbons (Fsp3) is 0.545. The van der Waals surface area contributed by atoms with Gasteiger partial charge >= 0.3 is 6.61 Å². The quantitative estimate of drug-likeness (QED) is 0.687. The van der Waals surface area contributed by atoms with Gasteiger partial charge in [-0.15, -0.1) is 0 Å². The van der Waals surface area contributed by atoms with Gasteiger partial charge in [0.1, 0.15) is 0 Å². The van der Waals surface area contributed by atoms with Gasteiger partial charge in [-0.2, -0.15) is 8.78 Å². The van der Waals surface area contributed by atoms with Crippen molar-refractivity contribution < 1.29 is 18.6 Å². The fourth-order valence-electron chi connectivity index (χ4n) is 4.87. The highest BCUT2D eigenvalue weighted by molar-refractivity contribution is 5.65. The zero-order valence-electron chi connectivity index (χ0n) is 16.7. The lowest BCUT2D eigenvalue weighted by Gasteiger charge is -2.19. The summed E-state index contributed by atoms with van der Waals surface area (Å²) < 4.78 is 29.9. The molecule has 2 aromatic rings. The van der Waals surface area contributed by atoms with Gasteiger partial charge in [0, 0.05) is 49.6 Å². The second kappa shape index (κ2) is 7.74. The summed E-state index contributed by atoms with van der Waals surface area (Å²) in [6.07, 6.45) is 4.67. The topological polar surface area (TPSA) is 84.5 Å². The van der Waals surface area contributed by atoms with Crippen LogP contribution in [0.1, 0.15) is 42.4 Å². The molecule has 0 spiro atoms. The highest BCUT2D eigenvalue weighted by atomic mass is 19.3. The molecular weight excluding hydrogens is 390 g/mol. The lowest BCUT2D eigenvalue weighted by molar-refractivity contribution is -0.0494. The van der Waals surface area contributed by atoms with E-state index in [-0.39, 0.29) is 18.2 Å². The second-order valence-corrected chi connectivity index (χ2v) is 8.66. The molecule has 3 N–H and O–H groups in total. The van der Waals surface area contributed by atoms with Crippen molar-refractivity contribution in [2.45, 2.75) is 37.7 Å². The minimum absolute atomic E-state index is 0.0580. The van der Waals surface area contributed by atoms with Gasteiger partial charge in [-0.1, -0.05) is 0 Å². The predicted octanol–water partition coefficient (Wildman–Crippen LogP) is 3.23. The third-order valence-electron chi connectivity index (χ3n) is 6.54. The number of nitrogen functional groups attached to an aromatic ring is 1. The molecule has 8 heteroatoms. The molecule has 0 unspecified atom stereocenters. The fourth-order valence-corrected chi connectivity index (χ4v) is 4.87. The molecule has 1 saturated heterocycles. The van der Waals surface area contributed by atoms with Gasteiger partial charge in [-0.25, -0.2) is 4.98 Å². The second-order valence-electron chi connectivity index (χ2n) is 8.66. The van der Waals surface area contributed by atoms with Crippen molar-refractivity contribution in [2.24, 2.45) is 11.8 Å². The Labute approximate surface area is 174 Å². The standard InChI is InChI=1S/C22H26F2N4O2/c23-22(24)30-19-8-14(9-26-21(19)25)18-7-13(6-17(27-18)12-2-3-12)20-15-10-28(4-1-5-29)11-16(15)20/h6-9,12,15-16,20,22,29H,1-5,10-11H2,(H2,25,26)/t15-,16+,20+. The Morgan fingerprint density at radius 3 is 2.63 bits per heavy atom. The van der Waals surface area contributed by atoms with E-state index >= 15 is 0 Å². The van der Waals surface area contributed by atoms with Crippen molar-refractivity contribution in [1.29, 1.82) is 0 Å². The maximum absolute atomic E-state index is 12.7. The normalized spacial score (nSPS) is 25.5. The van der Waals surface area contributed by atoms with Crippen molar-refractivity contribution >= 4 is 5.82 Å². The van der Waals surface area contributed by atoms with Crippen molar-refractivity contribution in [2.75, 3.05) is 32.0 Å². The summed E-state index contributed by atoms with van der Waals surface area (Å²) in [6.45, 7) is 0.379. The minimum Gasteiger partial charge on any atom is -0.431 e. The summed E-state index contributed by atoms with van der Waals surface area (Å²) in [5, 5.41) is 9.05. The number of nitrogens with zero attached hydrogens (tertiary/aromatic N) is 3. The van der Waals surface area contributed by atoms with Gasteiger partial charge in [0.15, 0.2) is 11.6 Å². The van der Waals surface area contributed by atoms with Crippen LogP contribution in [0.5, 0.6) is 5.75 Å². The van der Waals surface area contributed by atoms with Gasteiger partial charge < -0.3 is 20.5 Å². The number of piperidine rings is 1. The number of fused-ring (bicyclic) bond motifs is 1. The van der Waals surface area contributed by atoms with Crippen molar-refractivity contribution in [3.05, 3.63) is 35.7 Å². The molecule has 6 nitrogen and oxygen atoms in total. The van der Waals surface area contributed by atoms with E-state index in [0.29, 0.717) is 29.2 Å². The number of halogens is 2. The molecular formula is C22H26F2N4O2. The Balaban J connectivity index is 1.41. The number of ether oxygens (including phenoxy) is 1. The number of rotatable bonds is 8. The van der Waals surface area contributed by atoms with Crippen LogP contribution in [0.4, 0.5) is 14.6 Å². The van der Waals surface area contributed by atoms with Crippen LogP contribution in [0.3, 0.4) is 0 Å². The number of anilines is 1. The van der Waals surface area contributed by atoms with Crippen molar-refractivity contribution in [3.8, 4) is 17.0 Å². The molecule has 0 radical (unpaired) electrons. The maximum Gasteiger partial charge on any atom is 0.387 e. The number of pyridine rings is 2. The van der Waals surface area contributed by atoms with E-state index in [0.717, 1.165) is 50.3 Å². The molecule has 0 amide bonds. The van der Waals surface area contributed by atoms with E-state index in [1.807, 2.05) is 0 Å². The minimum atomic E-state index is -2.95. The molecule has 3 atom stereocenters. The van der Waals surface area contributed by atoms with Crippen LogP contribution in [0.2, 0.25) is 0 Å². The molecule has 5 rings (SSSR count). The first kappa shape index (κ1) is 19.6. The summed E-state index contributed by atoms with van der Waals surface area (Å²) in [5.74, 6) is 2.12. The summed E-state index contributed by atoms with van der Waals surface area (Å²) in [5.41, 5.74) is 9.43. The maximum atomic E-state index is 12.7. The summed E-state index contributed by atoms with van der Waals surface area (Å²) in [6, 6.07) is 5.82. The van der Waals surface area contributed by atoms with Gasteiger partial charge in [-0.3, -0.25) is 4.98 Å². The molecule has 1 aliphatic heterocycles. The Hall–Kier alpha value is -2.32. The zero-order chi connectivity index (χ0) is 20.8. The summed E-state index contributed by atoms with van der Waals surface area (Å²) >= 11 is 0. The first-order chi connectivity index (χ1) is 14.5. The molecule has 160 valence electrons. The number of likely N-dealkylation sites (tertiary alicyclic amines) is 1. The van der Waals surface area contributed by atoms with Crippen LogP contribution in [0.25, 0.3) is 11.3 Å². The van der Waals surface area contributed by atoms with Gasteiger partial charge in [0.25, 0.3) is 0 Å². The monoisotopic (exact) mass is 416 g/mol. The Morgan fingerprint density at radius 2 is 1.97 bits per heavy atom. The van der Waals surface area contributed by atoms with E-state index in [1.165, 1.54) is 11.6 Å². The predicted molar refractivity (Wildman–Crippen MR) is 108 cm³/mol. The average molecular weight is 416 g/mol. The van der Waals surface area contributed by atoms with Crippen LogP contribution in [0.15, 0.2) is 24.4 Å². The van der Waals surface area contributed by atoms with E-state index in [1.54, 1.807) is 6.20 Å².